The van der Waals surface area contributed by atoms with E-state index in [1.165, 1.54) is 38.5 Å². The van der Waals surface area contributed by atoms with Crippen LogP contribution in [0.25, 0.3) is 0 Å². The van der Waals surface area contributed by atoms with Gasteiger partial charge in [-0.2, -0.15) is 0 Å². The van der Waals surface area contributed by atoms with Crippen LogP contribution in [0.5, 0.6) is 0 Å². The lowest BCUT2D eigenvalue weighted by molar-refractivity contribution is -0.122. The maximum atomic E-state index is 11.7. The highest BCUT2D eigenvalue weighted by molar-refractivity contribution is 5.85. The van der Waals surface area contributed by atoms with E-state index in [1.807, 2.05) is 0 Å². The Bertz CT molecular complexity index is 219. The Kier molecular flexibility index (Phi) is 3.79. The molecule has 0 N–H and O–H groups in total. The van der Waals surface area contributed by atoms with Gasteiger partial charge in [0.2, 0.25) is 0 Å². The average molecular weight is 209 g/mol. The van der Waals surface area contributed by atoms with Gasteiger partial charge in [-0.3, -0.25) is 9.69 Å². The van der Waals surface area contributed by atoms with E-state index < -0.39 is 0 Å². The zero-order valence-electron chi connectivity index (χ0n) is 9.87. The number of carbonyl (C=O) groups is 1. The molecule has 86 valence electrons. The number of rotatable bonds is 2. The van der Waals surface area contributed by atoms with Crippen molar-refractivity contribution in [3.63, 3.8) is 0 Å². The van der Waals surface area contributed by atoms with Crippen LogP contribution in [0.3, 0.4) is 0 Å². The summed E-state index contributed by atoms with van der Waals surface area (Å²) in [5, 5.41) is 0. The van der Waals surface area contributed by atoms with Crippen molar-refractivity contribution in [1.29, 1.82) is 0 Å². The molecule has 0 aliphatic heterocycles. The van der Waals surface area contributed by atoms with Crippen molar-refractivity contribution in [2.75, 3.05) is 7.05 Å². The number of ketones is 1. The fourth-order valence-electron chi connectivity index (χ4n) is 3.15. The molecule has 0 heterocycles. The van der Waals surface area contributed by atoms with Crippen molar-refractivity contribution in [2.24, 2.45) is 0 Å². The molecule has 2 aliphatic rings. The lowest BCUT2D eigenvalue weighted by Crippen LogP contribution is -2.42. The first-order chi connectivity index (χ1) is 7.29. The van der Waals surface area contributed by atoms with Crippen LogP contribution in [-0.4, -0.2) is 29.8 Å². The molecule has 1 unspecified atom stereocenters. The monoisotopic (exact) mass is 209 g/mol. The molecule has 15 heavy (non-hydrogen) atoms. The predicted octanol–water partition coefficient (Wildman–Crippen LogP) is 2.76. The second-order valence-corrected chi connectivity index (χ2v) is 5.19. The molecule has 1 atom stereocenters. The minimum atomic E-state index is 0.257. The summed E-state index contributed by atoms with van der Waals surface area (Å²) in [4.78, 5) is 14.1. The third-order valence-electron chi connectivity index (χ3n) is 4.16. The van der Waals surface area contributed by atoms with E-state index in [2.05, 4.69) is 11.9 Å². The van der Waals surface area contributed by atoms with E-state index in [0.29, 0.717) is 11.8 Å². The topological polar surface area (TPSA) is 20.3 Å². The van der Waals surface area contributed by atoms with Gasteiger partial charge in [0.15, 0.2) is 0 Å². The largest absolute Gasteiger partial charge is 0.298 e. The first-order valence-electron chi connectivity index (χ1n) is 6.53. The van der Waals surface area contributed by atoms with Crippen molar-refractivity contribution < 1.29 is 4.79 Å². The number of nitrogens with zero attached hydrogens (tertiary/aromatic N) is 1. The number of hydrogen-bond donors (Lipinski definition) is 0. The van der Waals surface area contributed by atoms with Crippen molar-refractivity contribution in [2.45, 2.75) is 69.9 Å². The summed E-state index contributed by atoms with van der Waals surface area (Å²) in [6.45, 7) is 0. The maximum absolute atomic E-state index is 11.7. The van der Waals surface area contributed by atoms with Gasteiger partial charge in [-0.1, -0.05) is 25.7 Å². The van der Waals surface area contributed by atoms with E-state index >= 15 is 0 Å². The average Bonchev–Trinajstić information content (AvgIpc) is 2.53. The van der Waals surface area contributed by atoms with Gasteiger partial charge in [-0.05, 0) is 32.7 Å². The highest BCUT2D eigenvalue weighted by Crippen LogP contribution is 2.27. The molecule has 0 bridgehead atoms. The van der Waals surface area contributed by atoms with Crippen LogP contribution in [0.1, 0.15) is 57.8 Å². The zero-order valence-corrected chi connectivity index (χ0v) is 9.87. The van der Waals surface area contributed by atoms with Crippen LogP contribution in [0, 0.1) is 0 Å². The molecule has 0 aromatic heterocycles. The third-order valence-corrected chi connectivity index (χ3v) is 4.16. The fourth-order valence-corrected chi connectivity index (χ4v) is 3.15. The van der Waals surface area contributed by atoms with E-state index in [0.717, 1.165) is 19.3 Å². The first kappa shape index (κ1) is 11.1. The molecular weight excluding hydrogens is 186 g/mol. The summed E-state index contributed by atoms with van der Waals surface area (Å²) >= 11 is 0. The molecule has 2 rings (SSSR count). The van der Waals surface area contributed by atoms with Crippen LogP contribution in [-0.2, 0) is 4.79 Å². The van der Waals surface area contributed by atoms with Gasteiger partial charge in [-0.15, -0.1) is 0 Å². The van der Waals surface area contributed by atoms with Crippen molar-refractivity contribution >= 4 is 5.78 Å². The summed E-state index contributed by atoms with van der Waals surface area (Å²) in [6.07, 6.45) is 11.1. The van der Waals surface area contributed by atoms with Gasteiger partial charge in [0.25, 0.3) is 0 Å². The second kappa shape index (κ2) is 5.11. The Balaban J connectivity index is 1.92. The predicted molar refractivity (Wildman–Crippen MR) is 61.9 cm³/mol. The van der Waals surface area contributed by atoms with E-state index in [4.69, 9.17) is 0 Å². The van der Waals surface area contributed by atoms with Gasteiger partial charge < -0.3 is 0 Å². The zero-order chi connectivity index (χ0) is 10.7. The molecule has 0 radical (unpaired) electrons. The molecule has 0 spiro atoms. The Morgan fingerprint density at radius 3 is 2.20 bits per heavy atom. The lowest BCUT2D eigenvalue weighted by atomic mass is 10.0. The van der Waals surface area contributed by atoms with Crippen molar-refractivity contribution in [3.8, 4) is 0 Å². The SMILES string of the molecule is CN(C1CCCCCC1)C1CCCC1=O. The molecule has 2 nitrogen and oxygen atoms in total. The summed E-state index contributed by atoms with van der Waals surface area (Å²) in [7, 11) is 2.17. The van der Waals surface area contributed by atoms with E-state index in [1.54, 1.807) is 0 Å². The van der Waals surface area contributed by atoms with Gasteiger partial charge >= 0.3 is 0 Å². The summed E-state index contributed by atoms with van der Waals surface area (Å²) in [5.41, 5.74) is 0. The number of carbonyl (C=O) groups excluding carboxylic acids is 1. The normalized spacial score (nSPS) is 29.7. The highest BCUT2D eigenvalue weighted by atomic mass is 16.1. The van der Waals surface area contributed by atoms with Crippen LogP contribution in [0.15, 0.2) is 0 Å². The molecule has 0 saturated heterocycles. The lowest BCUT2D eigenvalue weighted by Gasteiger charge is -2.31. The molecule has 2 saturated carbocycles. The fraction of sp³-hybridized carbons (Fsp3) is 0.923. The molecule has 2 aliphatic carbocycles. The second-order valence-electron chi connectivity index (χ2n) is 5.19. The van der Waals surface area contributed by atoms with E-state index in [-0.39, 0.29) is 6.04 Å². The van der Waals surface area contributed by atoms with Crippen LogP contribution in [0.2, 0.25) is 0 Å². The van der Waals surface area contributed by atoms with Crippen molar-refractivity contribution in [1.82, 2.24) is 4.90 Å². The highest BCUT2D eigenvalue weighted by Gasteiger charge is 2.31. The molecule has 2 fully saturated rings. The van der Waals surface area contributed by atoms with Gasteiger partial charge in [0.1, 0.15) is 5.78 Å². The standard InChI is InChI=1S/C13H23NO/c1-14(12-9-6-10-13(12)15)11-7-4-2-3-5-8-11/h11-12H,2-10H2,1H3. The number of Topliss-reactive ketones (excluding diaryl/α,β-unsaturated/α-hetero) is 1. The molecule has 0 aromatic carbocycles. The first-order valence-corrected chi connectivity index (χ1v) is 6.53. The quantitative estimate of drug-likeness (QED) is 0.652. The summed E-state index contributed by atoms with van der Waals surface area (Å²) in [5.74, 6) is 0.488. The van der Waals surface area contributed by atoms with Crippen LogP contribution >= 0.6 is 0 Å². The Morgan fingerprint density at radius 1 is 1.00 bits per heavy atom. The number of hydrogen-bond acceptors (Lipinski definition) is 2. The third kappa shape index (κ3) is 2.60. The minimum Gasteiger partial charge on any atom is -0.298 e. The van der Waals surface area contributed by atoms with Crippen LogP contribution < -0.4 is 0 Å². The molecule has 2 heteroatoms. The minimum absolute atomic E-state index is 0.257. The van der Waals surface area contributed by atoms with Gasteiger partial charge in [0.05, 0.1) is 6.04 Å². The van der Waals surface area contributed by atoms with Gasteiger partial charge in [-0.25, -0.2) is 0 Å². The molecule has 0 amide bonds. The van der Waals surface area contributed by atoms with Gasteiger partial charge in [0, 0.05) is 12.5 Å². The van der Waals surface area contributed by atoms with Crippen molar-refractivity contribution in [3.05, 3.63) is 0 Å². The number of likely N-dealkylation sites (N-methyl/N-ethyl adjacent to an activating group) is 1. The van der Waals surface area contributed by atoms with E-state index in [9.17, 15) is 4.79 Å². The Morgan fingerprint density at radius 2 is 1.67 bits per heavy atom. The maximum Gasteiger partial charge on any atom is 0.149 e. The molecular formula is C13H23NO. The molecule has 0 aromatic rings. The summed E-state index contributed by atoms with van der Waals surface area (Å²) in [6, 6.07) is 0.938. The van der Waals surface area contributed by atoms with Crippen LogP contribution in [0.4, 0.5) is 0 Å². The smallest absolute Gasteiger partial charge is 0.149 e. The Hall–Kier alpha value is -0.370. The summed E-state index contributed by atoms with van der Waals surface area (Å²) < 4.78 is 0. The Labute approximate surface area is 93.0 Å².